The van der Waals surface area contributed by atoms with Gasteiger partial charge in [-0.05, 0) is 0 Å². The predicted molar refractivity (Wildman–Crippen MR) is 59.6 cm³/mol. The van der Waals surface area contributed by atoms with Crippen LogP contribution in [0.3, 0.4) is 0 Å². The van der Waals surface area contributed by atoms with E-state index in [1.54, 1.807) is 0 Å². The second kappa shape index (κ2) is 6.58. The Morgan fingerprint density at radius 2 is 1.38 bits per heavy atom. The molecule has 2 atom stereocenters. The summed E-state index contributed by atoms with van der Waals surface area (Å²) in [4.78, 5) is 22.9. The normalized spacial score (nSPS) is 13.8. The SMILES string of the molecule is C=C[CH]N(C(C=C)C(=O)O)C(C=C)C(=O)O. The van der Waals surface area contributed by atoms with Gasteiger partial charge >= 0.3 is 11.9 Å². The molecule has 87 valence electrons. The van der Waals surface area contributed by atoms with E-state index in [-0.39, 0.29) is 0 Å². The Kier molecular flexibility index (Phi) is 5.80. The van der Waals surface area contributed by atoms with E-state index in [0.29, 0.717) is 0 Å². The molecule has 5 nitrogen and oxygen atoms in total. The van der Waals surface area contributed by atoms with Crippen LogP contribution in [0, 0.1) is 6.54 Å². The van der Waals surface area contributed by atoms with E-state index in [1.165, 1.54) is 12.6 Å². The minimum atomic E-state index is -1.19. The molecule has 0 saturated heterocycles. The van der Waals surface area contributed by atoms with Gasteiger partial charge in [0.15, 0.2) is 0 Å². The standard InChI is InChI=1S/C11H14NO4/c1-4-7-12(8(5-2)10(13)14)9(6-3)11(15)16/h4-9H,1-3H2,(H,13,14)(H,15,16). The van der Waals surface area contributed by atoms with Crippen LogP contribution in [0.4, 0.5) is 0 Å². The Balaban J connectivity index is 5.15. The van der Waals surface area contributed by atoms with Gasteiger partial charge in [0.25, 0.3) is 0 Å². The van der Waals surface area contributed by atoms with Gasteiger partial charge in [-0.3, -0.25) is 14.5 Å². The lowest BCUT2D eigenvalue weighted by Gasteiger charge is -2.28. The van der Waals surface area contributed by atoms with Crippen molar-refractivity contribution < 1.29 is 19.8 Å². The number of hydrogen-bond donors (Lipinski definition) is 2. The third-order valence-electron chi connectivity index (χ3n) is 1.87. The molecule has 0 heterocycles. The molecule has 2 N–H and O–H groups in total. The summed E-state index contributed by atoms with van der Waals surface area (Å²) in [6.45, 7) is 11.4. The fourth-order valence-corrected chi connectivity index (χ4v) is 1.18. The summed E-state index contributed by atoms with van der Waals surface area (Å²) in [5, 5.41) is 17.8. The van der Waals surface area contributed by atoms with Gasteiger partial charge < -0.3 is 10.2 Å². The molecule has 0 fully saturated rings. The van der Waals surface area contributed by atoms with E-state index in [9.17, 15) is 9.59 Å². The van der Waals surface area contributed by atoms with Crippen LogP contribution >= 0.6 is 0 Å². The van der Waals surface area contributed by atoms with Crippen molar-refractivity contribution in [3.63, 3.8) is 0 Å². The lowest BCUT2D eigenvalue weighted by atomic mass is 10.1. The third kappa shape index (κ3) is 3.36. The second-order valence-corrected chi connectivity index (χ2v) is 2.87. The van der Waals surface area contributed by atoms with Crippen LogP contribution in [0.25, 0.3) is 0 Å². The maximum Gasteiger partial charge on any atom is 0.324 e. The van der Waals surface area contributed by atoms with Crippen LogP contribution in [-0.4, -0.2) is 39.1 Å². The van der Waals surface area contributed by atoms with Crippen LogP contribution in [-0.2, 0) is 9.59 Å². The van der Waals surface area contributed by atoms with Gasteiger partial charge in [-0.25, -0.2) is 0 Å². The summed E-state index contributed by atoms with van der Waals surface area (Å²) in [7, 11) is 0. The molecular formula is C11H14NO4. The fraction of sp³-hybridized carbons (Fsp3) is 0.182. The number of aliphatic carboxylic acids is 2. The third-order valence-corrected chi connectivity index (χ3v) is 1.87. The maximum atomic E-state index is 10.9. The number of carbonyl (C=O) groups is 2. The van der Waals surface area contributed by atoms with E-state index in [4.69, 9.17) is 10.2 Å². The van der Waals surface area contributed by atoms with Gasteiger partial charge in [0.05, 0.1) is 0 Å². The predicted octanol–water partition coefficient (Wildman–Crippen LogP) is 0.915. The molecule has 0 spiro atoms. The minimum absolute atomic E-state index is 1.09. The summed E-state index contributed by atoms with van der Waals surface area (Å²) >= 11 is 0. The molecule has 1 radical (unpaired) electrons. The molecule has 0 aliphatic rings. The monoisotopic (exact) mass is 224 g/mol. The topological polar surface area (TPSA) is 77.8 Å². The van der Waals surface area contributed by atoms with Crippen molar-refractivity contribution in [3.05, 3.63) is 44.5 Å². The Hall–Kier alpha value is -1.88. The van der Waals surface area contributed by atoms with Crippen LogP contribution in [0.15, 0.2) is 38.0 Å². The quantitative estimate of drug-likeness (QED) is 0.599. The summed E-state index contributed by atoms with van der Waals surface area (Å²) in [5.74, 6) is -2.39. The second-order valence-electron chi connectivity index (χ2n) is 2.87. The van der Waals surface area contributed by atoms with Crippen molar-refractivity contribution in [2.75, 3.05) is 0 Å². The highest BCUT2D eigenvalue weighted by molar-refractivity contribution is 5.80. The average molecular weight is 224 g/mol. The Morgan fingerprint density at radius 1 is 1.00 bits per heavy atom. The summed E-state index contributed by atoms with van der Waals surface area (Å²) in [6, 6.07) is -2.28. The Labute approximate surface area is 94.0 Å². The molecule has 5 heteroatoms. The number of carboxylic acid groups (broad SMARTS) is 2. The molecule has 0 aromatic heterocycles. The first-order valence-corrected chi connectivity index (χ1v) is 4.43. The van der Waals surface area contributed by atoms with Gasteiger partial charge in [-0.2, -0.15) is 0 Å². The molecule has 0 saturated carbocycles. The molecule has 16 heavy (non-hydrogen) atoms. The zero-order chi connectivity index (χ0) is 12.7. The van der Waals surface area contributed by atoms with Crippen molar-refractivity contribution in [2.24, 2.45) is 0 Å². The molecule has 0 aliphatic carbocycles. The molecule has 0 aromatic carbocycles. The largest absolute Gasteiger partial charge is 0.480 e. The molecule has 0 bridgehead atoms. The van der Waals surface area contributed by atoms with Gasteiger partial charge in [0.1, 0.15) is 12.1 Å². The molecule has 0 aliphatic heterocycles. The molecule has 0 rings (SSSR count). The van der Waals surface area contributed by atoms with Crippen LogP contribution in [0.1, 0.15) is 0 Å². The number of hydrogen-bond acceptors (Lipinski definition) is 3. The van der Waals surface area contributed by atoms with Crippen LogP contribution in [0.5, 0.6) is 0 Å². The summed E-state index contributed by atoms with van der Waals surface area (Å²) < 4.78 is 0. The number of carboxylic acids is 2. The number of rotatable bonds is 8. The zero-order valence-electron chi connectivity index (χ0n) is 8.74. The molecule has 2 unspecified atom stereocenters. The van der Waals surface area contributed by atoms with Gasteiger partial charge in [0.2, 0.25) is 0 Å². The van der Waals surface area contributed by atoms with E-state index in [2.05, 4.69) is 19.7 Å². The van der Waals surface area contributed by atoms with Crippen molar-refractivity contribution in [3.8, 4) is 0 Å². The van der Waals surface area contributed by atoms with Gasteiger partial charge in [-0.1, -0.05) is 18.2 Å². The summed E-state index contributed by atoms with van der Waals surface area (Å²) in [5.41, 5.74) is 0. The van der Waals surface area contributed by atoms with Gasteiger partial charge in [0, 0.05) is 6.54 Å². The first-order chi connectivity index (χ1) is 7.49. The Morgan fingerprint density at radius 3 is 1.56 bits per heavy atom. The Bertz CT molecular complexity index is 285. The van der Waals surface area contributed by atoms with Gasteiger partial charge in [-0.15, -0.1) is 19.7 Å². The zero-order valence-corrected chi connectivity index (χ0v) is 8.74. The highest BCUT2D eigenvalue weighted by Gasteiger charge is 2.31. The first kappa shape index (κ1) is 14.1. The van der Waals surface area contributed by atoms with Crippen molar-refractivity contribution in [1.29, 1.82) is 0 Å². The van der Waals surface area contributed by atoms with E-state index in [0.717, 1.165) is 17.1 Å². The first-order valence-electron chi connectivity index (χ1n) is 4.43. The lowest BCUT2D eigenvalue weighted by molar-refractivity contribution is -0.145. The van der Waals surface area contributed by atoms with Crippen LogP contribution < -0.4 is 0 Å². The highest BCUT2D eigenvalue weighted by atomic mass is 16.4. The number of nitrogens with zero attached hydrogens (tertiary/aromatic N) is 1. The summed E-state index contributed by atoms with van der Waals surface area (Å²) in [6.07, 6.45) is 3.59. The average Bonchev–Trinajstić information content (AvgIpc) is 2.18. The molecule has 0 aromatic rings. The van der Waals surface area contributed by atoms with Crippen molar-refractivity contribution in [1.82, 2.24) is 4.90 Å². The highest BCUT2D eigenvalue weighted by Crippen LogP contribution is 2.12. The minimum Gasteiger partial charge on any atom is -0.480 e. The maximum absolute atomic E-state index is 10.9. The van der Waals surface area contributed by atoms with E-state index in [1.807, 2.05) is 0 Å². The lowest BCUT2D eigenvalue weighted by Crippen LogP contribution is -2.47. The van der Waals surface area contributed by atoms with Crippen molar-refractivity contribution in [2.45, 2.75) is 12.1 Å². The van der Waals surface area contributed by atoms with Crippen LogP contribution in [0.2, 0.25) is 0 Å². The van der Waals surface area contributed by atoms with E-state index >= 15 is 0 Å². The smallest absolute Gasteiger partial charge is 0.324 e. The molecular weight excluding hydrogens is 210 g/mol. The van der Waals surface area contributed by atoms with E-state index < -0.39 is 24.0 Å². The van der Waals surface area contributed by atoms with Crippen molar-refractivity contribution >= 4 is 11.9 Å². The fourth-order valence-electron chi connectivity index (χ4n) is 1.18. The molecule has 0 amide bonds.